The Morgan fingerprint density at radius 3 is 2.86 bits per heavy atom. The molecule has 0 aliphatic heterocycles. The number of nitrogens with two attached hydrogens (primary N) is 1. The quantitative estimate of drug-likeness (QED) is 0.437. The summed E-state index contributed by atoms with van der Waals surface area (Å²) in [5.41, 5.74) is 6.48. The lowest BCUT2D eigenvalue weighted by atomic mass is 10.4. The maximum absolute atomic E-state index is 8.59. The van der Waals surface area contributed by atoms with Gasteiger partial charge in [-0.25, -0.2) is 9.97 Å². The van der Waals surface area contributed by atoms with Gasteiger partial charge in [-0.15, -0.1) is 0 Å². The number of nitrogens with zero attached hydrogens (tertiary/aromatic N) is 2. The minimum Gasteiger partial charge on any atom is -0.396 e. The fourth-order valence-electron chi connectivity index (χ4n) is 1.01. The van der Waals surface area contributed by atoms with Crippen LogP contribution >= 0.6 is 11.8 Å². The Morgan fingerprint density at radius 1 is 1.43 bits per heavy atom. The fraction of sp³-hybridized carbons (Fsp3) is 0.556. The lowest BCUT2D eigenvalue weighted by Crippen LogP contribution is -1.97. The number of thioether (sulfide) groups is 1. The topological polar surface area (TPSA) is 72.0 Å². The average Bonchev–Trinajstić information content (AvgIpc) is 2.11. The van der Waals surface area contributed by atoms with E-state index in [4.69, 9.17) is 10.8 Å². The molecule has 0 fully saturated rings. The van der Waals surface area contributed by atoms with Crippen LogP contribution in [0.2, 0.25) is 0 Å². The number of unbranched alkanes of at least 4 members (excludes halogenated alkanes) is 1. The molecule has 0 aliphatic rings. The van der Waals surface area contributed by atoms with Gasteiger partial charge >= 0.3 is 0 Å². The van der Waals surface area contributed by atoms with E-state index in [1.165, 1.54) is 0 Å². The Balaban J connectivity index is 2.42. The number of aromatic nitrogens is 2. The van der Waals surface area contributed by atoms with Gasteiger partial charge < -0.3 is 10.8 Å². The highest BCUT2D eigenvalue weighted by Crippen LogP contribution is 2.16. The number of hydrogen-bond acceptors (Lipinski definition) is 5. The van der Waals surface area contributed by atoms with Gasteiger partial charge in [-0.2, -0.15) is 0 Å². The number of nitrogen functional groups attached to an aromatic ring is 1. The molecule has 14 heavy (non-hydrogen) atoms. The van der Waals surface area contributed by atoms with E-state index in [9.17, 15) is 0 Å². The van der Waals surface area contributed by atoms with Crippen molar-refractivity contribution in [2.24, 2.45) is 0 Å². The molecule has 1 aromatic heterocycles. The maximum atomic E-state index is 8.59. The van der Waals surface area contributed by atoms with Gasteiger partial charge in [0.15, 0.2) is 5.16 Å². The van der Waals surface area contributed by atoms with E-state index in [0.717, 1.165) is 29.4 Å². The predicted octanol–water partition coefficient (Wildman–Crippen LogP) is 1.23. The number of hydrogen-bond donors (Lipinski definition) is 2. The smallest absolute Gasteiger partial charge is 0.189 e. The third kappa shape index (κ3) is 3.93. The van der Waals surface area contributed by atoms with E-state index in [2.05, 4.69) is 9.97 Å². The first-order valence-corrected chi connectivity index (χ1v) is 5.56. The number of aliphatic hydroxyl groups is 1. The summed E-state index contributed by atoms with van der Waals surface area (Å²) >= 11 is 1.58. The van der Waals surface area contributed by atoms with Crippen LogP contribution in [0.25, 0.3) is 0 Å². The molecule has 0 spiro atoms. The van der Waals surface area contributed by atoms with Crippen LogP contribution < -0.4 is 5.73 Å². The monoisotopic (exact) mass is 213 g/mol. The molecule has 0 unspecified atom stereocenters. The minimum absolute atomic E-state index is 0.247. The average molecular weight is 213 g/mol. The standard InChI is InChI=1S/C9H15N3OS/c1-7-6-8(10)12-9(11-7)14-5-3-2-4-13/h6,13H,2-5H2,1H3,(H2,10,11,12). The fourth-order valence-corrected chi connectivity index (χ4v) is 1.92. The van der Waals surface area contributed by atoms with Crippen molar-refractivity contribution in [1.29, 1.82) is 0 Å². The third-order valence-corrected chi connectivity index (χ3v) is 2.57. The number of rotatable bonds is 5. The summed E-state index contributed by atoms with van der Waals surface area (Å²) in [6.45, 7) is 2.15. The molecule has 0 saturated carbocycles. The highest BCUT2D eigenvalue weighted by molar-refractivity contribution is 7.99. The Hall–Kier alpha value is -0.810. The van der Waals surface area contributed by atoms with Gasteiger partial charge in [0.1, 0.15) is 5.82 Å². The van der Waals surface area contributed by atoms with Crippen LogP contribution in [0.4, 0.5) is 5.82 Å². The first-order chi connectivity index (χ1) is 6.72. The van der Waals surface area contributed by atoms with Crippen molar-refractivity contribution < 1.29 is 5.11 Å². The predicted molar refractivity (Wildman–Crippen MR) is 58.2 cm³/mol. The summed E-state index contributed by atoms with van der Waals surface area (Å²) in [7, 11) is 0. The zero-order chi connectivity index (χ0) is 10.4. The molecule has 5 heteroatoms. The third-order valence-electron chi connectivity index (χ3n) is 1.64. The van der Waals surface area contributed by atoms with E-state index < -0.39 is 0 Å². The van der Waals surface area contributed by atoms with Crippen molar-refractivity contribution in [1.82, 2.24) is 9.97 Å². The van der Waals surface area contributed by atoms with E-state index in [0.29, 0.717) is 5.82 Å². The molecule has 0 saturated heterocycles. The number of aliphatic hydroxyl groups excluding tert-OH is 1. The summed E-state index contributed by atoms with van der Waals surface area (Å²) in [4.78, 5) is 8.34. The molecular formula is C9H15N3OS. The highest BCUT2D eigenvalue weighted by Gasteiger charge is 2.00. The molecule has 4 nitrogen and oxygen atoms in total. The molecular weight excluding hydrogens is 198 g/mol. The number of aryl methyl sites for hydroxylation is 1. The summed E-state index contributed by atoms with van der Waals surface area (Å²) in [6.07, 6.45) is 1.80. The van der Waals surface area contributed by atoms with Crippen molar-refractivity contribution in [3.63, 3.8) is 0 Å². The van der Waals surface area contributed by atoms with Crippen LogP contribution in [-0.4, -0.2) is 27.4 Å². The van der Waals surface area contributed by atoms with E-state index in [-0.39, 0.29) is 6.61 Å². The van der Waals surface area contributed by atoms with E-state index in [1.54, 1.807) is 17.8 Å². The lowest BCUT2D eigenvalue weighted by molar-refractivity contribution is 0.287. The van der Waals surface area contributed by atoms with Gasteiger partial charge in [0.2, 0.25) is 0 Å². The first kappa shape index (κ1) is 11.3. The van der Waals surface area contributed by atoms with Gasteiger partial charge in [-0.3, -0.25) is 0 Å². The summed E-state index contributed by atoms with van der Waals surface area (Å²) < 4.78 is 0. The highest BCUT2D eigenvalue weighted by atomic mass is 32.2. The van der Waals surface area contributed by atoms with Gasteiger partial charge in [0.25, 0.3) is 0 Å². The van der Waals surface area contributed by atoms with Crippen LogP contribution in [0.1, 0.15) is 18.5 Å². The van der Waals surface area contributed by atoms with Gasteiger partial charge in [-0.1, -0.05) is 11.8 Å². The zero-order valence-corrected chi connectivity index (χ0v) is 9.05. The van der Waals surface area contributed by atoms with Crippen molar-refractivity contribution in [3.05, 3.63) is 11.8 Å². The van der Waals surface area contributed by atoms with Crippen LogP contribution in [0.3, 0.4) is 0 Å². The minimum atomic E-state index is 0.247. The van der Waals surface area contributed by atoms with Gasteiger partial charge in [0, 0.05) is 24.1 Å². The summed E-state index contributed by atoms with van der Waals surface area (Å²) in [5.74, 6) is 1.44. The van der Waals surface area contributed by atoms with Gasteiger partial charge in [-0.05, 0) is 19.8 Å². The second-order valence-electron chi connectivity index (χ2n) is 3.00. The Bertz CT molecular complexity index is 273. The van der Waals surface area contributed by atoms with Crippen LogP contribution in [-0.2, 0) is 0 Å². The SMILES string of the molecule is Cc1cc(N)nc(SCCCCO)n1. The molecule has 0 bridgehead atoms. The zero-order valence-electron chi connectivity index (χ0n) is 8.23. The van der Waals surface area contributed by atoms with Crippen LogP contribution in [0.15, 0.2) is 11.2 Å². The van der Waals surface area contributed by atoms with Crippen molar-refractivity contribution in [2.45, 2.75) is 24.9 Å². The second kappa shape index (κ2) is 5.82. The van der Waals surface area contributed by atoms with Gasteiger partial charge in [0.05, 0.1) is 0 Å². The van der Waals surface area contributed by atoms with Crippen molar-refractivity contribution in [2.75, 3.05) is 18.1 Å². The Morgan fingerprint density at radius 2 is 2.21 bits per heavy atom. The molecule has 78 valence electrons. The second-order valence-corrected chi connectivity index (χ2v) is 4.06. The Labute approximate surface area is 88.0 Å². The van der Waals surface area contributed by atoms with Crippen molar-refractivity contribution >= 4 is 17.6 Å². The molecule has 0 radical (unpaired) electrons. The normalized spacial score (nSPS) is 10.4. The molecule has 1 rings (SSSR count). The molecule has 1 aromatic rings. The molecule has 0 aromatic carbocycles. The maximum Gasteiger partial charge on any atom is 0.189 e. The first-order valence-electron chi connectivity index (χ1n) is 4.57. The molecule has 0 amide bonds. The Kier molecular flexibility index (Phi) is 4.69. The summed E-state index contributed by atoms with van der Waals surface area (Å²) in [5, 5.41) is 9.31. The van der Waals surface area contributed by atoms with Crippen LogP contribution in [0.5, 0.6) is 0 Å². The van der Waals surface area contributed by atoms with E-state index in [1.807, 2.05) is 6.92 Å². The molecule has 3 N–H and O–H groups in total. The molecule has 1 heterocycles. The molecule has 0 atom stereocenters. The summed E-state index contributed by atoms with van der Waals surface area (Å²) in [6, 6.07) is 1.75. The number of anilines is 1. The van der Waals surface area contributed by atoms with Crippen molar-refractivity contribution in [3.8, 4) is 0 Å². The molecule has 0 aliphatic carbocycles. The largest absolute Gasteiger partial charge is 0.396 e. The lowest BCUT2D eigenvalue weighted by Gasteiger charge is -2.01. The van der Waals surface area contributed by atoms with Crippen LogP contribution in [0, 0.1) is 6.92 Å². The van der Waals surface area contributed by atoms with E-state index >= 15 is 0 Å².